The first-order valence-corrected chi connectivity index (χ1v) is 7.26. The molecule has 1 aliphatic rings. The van der Waals surface area contributed by atoms with Gasteiger partial charge in [-0.15, -0.1) is 0 Å². The van der Waals surface area contributed by atoms with Gasteiger partial charge in [0.05, 0.1) is 6.07 Å². The molecule has 0 spiro atoms. The molecule has 6 nitrogen and oxygen atoms in total. The van der Waals surface area contributed by atoms with E-state index in [2.05, 4.69) is 26.7 Å². The SMILES string of the molecule is CC(C)(C#N)Nc1nc(Cl)c(C#N)c(NC2CCCC2)n1. The van der Waals surface area contributed by atoms with Crippen molar-refractivity contribution in [2.45, 2.75) is 51.1 Å². The van der Waals surface area contributed by atoms with E-state index in [0.29, 0.717) is 11.9 Å². The van der Waals surface area contributed by atoms with Gasteiger partial charge in [0.1, 0.15) is 17.2 Å². The van der Waals surface area contributed by atoms with Crippen molar-refractivity contribution in [1.82, 2.24) is 9.97 Å². The molecule has 7 heteroatoms. The predicted molar refractivity (Wildman–Crippen MR) is 81.0 cm³/mol. The van der Waals surface area contributed by atoms with E-state index in [1.54, 1.807) is 13.8 Å². The third-order valence-electron chi connectivity index (χ3n) is 3.38. The smallest absolute Gasteiger partial charge is 0.227 e. The van der Waals surface area contributed by atoms with E-state index in [9.17, 15) is 5.26 Å². The summed E-state index contributed by atoms with van der Waals surface area (Å²) in [7, 11) is 0. The average molecular weight is 305 g/mol. The van der Waals surface area contributed by atoms with E-state index in [1.807, 2.05) is 6.07 Å². The Hall–Kier alpha value is -2.05. The Kier molecular flexibility index (Phi) is 4.50. The number of hydrogen-bond acceptors (Lipinski definition) is 6. The summed E-state index contributed by atoms with van der Waals surface area (Å²) in [4.78, 5) is 8.35. The second kappa shape index (κ2) is 6.15. The number of nitrogens with zero attached hydrogens (tertiary/aromatic N) is 4. The lowest BCUT2D eigenvalue weighted by atomic mass is 10.1. The lowest BCUT2D eigenvalue weighted by Crippen LogP contribution is -2.30. The quantitative estimate of drug-likeness (QED) is 0.830. The van der Waals surface area contributed by atoms with Crippen LogP contribution >= 0.6 is 11.6 Å². The molecule has 2 N–H and O–H groups in total. The number of nitrogens with one attached hydrogen (secondary N) is 2. The summed E-state index contributed by atoms with van der Waals surface area (Å²) in [5.41, 5.74) is -0.578. The number of anilines is 2. The van der Waals surface area contributed by atoms with Gasteiger partial charge in [0.25, 0.3) is 0 Å². The first-order chi connectivity index (χ1) is 9.95. The van der Waals surface area contributed by atoms with Gasteiger partial charge in [0.15, 0.2) is 11.0 Å². The summed E-state index contributed by atoms with van der Waals surface area (Å²) >= 11 is 6.06. The van der Waals surface area contributed by atoms with Gasteiger partial charge >= 0.3 is 0 Å². The Bertz CT molecular complexity index is 607. The minimum Gasteiger partial charge on any atom is -0.366 e. The van der Waals surface area contributed by atoms with Gasteiger partial charge in [-0.1, -0.05) is 24.4 Å². The maximum absolute atomic E-state index is 9.22. The van der Waals surface area contributed by atoms with Crippen LogP contribution in [0.3, 0.4) is 0 Å². The molecule has 2 rings (SSSR count). The zero-order valence-electron chi connectivity index (χ0n) is 12.1. The molecule has 0 atom stereocenters. The predicted octanol–water partition coefficient (Wildman–Crippen LogP) is 3.07. The zero-order valence-corrected chi connectivity index (χ0v) is 12.8. The van der Waals surface area contributed by atoms with Gasteiger partial charge in [-0.05, 0) is 26.7 Å². The molecule has 0 radical (unpaired) electrons. The Balaban J connectivity index is 2.31. The Morgan fingerprint density at radius 1 is 1.24 bits per heavy atom. The molecular weight excluding hydrogens is 288 g/mol. The summed E-state index contributed by atoms with van der Waals surface area (Å²) < 4.78 is 0. The minimum atomic E-state index is -0.817. The van der Waals surface area contributed by atoms with Crippen LogP contribution in [0, 0.1) is 22.7 Å². The highest BCUT2D eigenvalue weighted by molar-refractivity contribution is 6.31. The molecule has 0 unspecified atom stereocenters. The van der Waals surface area contributed by atoms with E-state index in [1.165, 1.54) is 12.8 Å². The van der Waals surface area contributed by atoms with Gasteiger partial charge in [0.2, 0.25) is 5.95 Å². The molecule has 1 aliphatic carbocycles. The molecule has 1 aromatic rings. The number of aromatic nitrogens is 2. The zero-order chi connectivity index (χ0) is 15.5. The summed E-state index contributed by atoms with van der Waals surface area (Å²) in [5, 5.41) is 24.5. The molecule has 21 heavy (non-hydrogen) atoms. The fourth-order valence-electron chi connectivity index (χ4n) is 2.26. The van der Waals surface area contributed by atoms with Gasteiger partial charge in [0, 0.05) is 6.04 Å². The van der Waals surface area contributed by atoms with Crippen LogP contribution in [-0.2, 0) is 0 Å². The topological polar surface area (TPSA) is 97.4 Å². The molecule has 0 aliphatic heterocycles. The number of rotatable bonds is 4. The van der Waals surface area contributed by atoms with Gasteiger partial charge < -0.3 is 10.6 Å². The van der Waals surface area contributed by atoms with E-state index in [-0.39, 0.29) is 16.7 Å². The van der Waals surface area contributed by atoms with Crippen molar-refractivity contribution >= 4 is 23.4 Å². The molecule has 1 aromatic heterocycles. The monoisotopic (exact) mass is 304 g/mol. The maximum Gasteiger partial charge on any atom is 0.227 e. The summed E-state index contributed by atoms with van der Waals surface area (Å²) in [6.45, 7) is 3.43. The number of nitriles is 2. The second-order valence-corrected chi connectivity index (χ2v) is 6.02. The van der Waals surface area contributed by atoms with Crippen molar-refractivity contribution in [2.24, 2.45) is 0 Å². The van der Waals surface area contributed by atoms with Crippen molar-refractivity contribution in [3.8, 4) is 12.1 Å². The lowest BCUT2D eigenvalue weighted by Gasteiger charge is -2.19. The fourth-order valence-corrected chi connectivity index (χ4v) is 2.48. The third kappa shape index (κ3) is 3.74. The normalized spacial score (nSPS) is 15.3. The molecule has 1 heterocycles. The summed E-state index contributed by atoms with van der Waals surface area (Å²) in [6, 6.07) is 4.45. The van der Waals surface area contributed by atoms with Gasteiger partial charge in [-0.3, -0.25) is 0 Å². The van der Waals surface area contributed by atoms with E-state index in [4.69, 9.17) is 16.9 Å². The highest BCUT2D eigenvalue weighted by Crippen LogP contribution is 2.27. The summed E-state index contributed by atoms with van der Waals surface area (Å²) in [6.07, 6.45) is 4.45. The second-order valence-electron chi connectivity index (χ2n) is 5.66. The standard InChI is InChI=1S/C14H17ClN6/c1-14(2,8-17)21-13-19-11(15)10(7-16)12(20-13)18-9-5-3-4-6-9/h9H,3-6H2,1-2H3,(H2,18,19,20,21). The molecule has 1 saturated carbocycles. The number of hydrogen-bond donors (Lipinski definition) is 2. The highest BCUT2D eigenvalue weighted by Gasteiger charge is 2.22. The van der Waals surface area contributed by atoms with Crippen molar-refractivity contribution in [3.05, 3.63) is 10.7 Å². The fraction of sp³-hybridized carbons (Fsp3) is 0.571. The van der Waals surface area contributed by atoms with Crippen molar-refractivity contribution < 1.29 is 0 Å². The van der Waals surface area contributed by atoms with Crippen LogP contribution in [0.25, 0.3) is 0 Å². The molecule has 0 aromatic carbocycles. The number of halogens is 1. The molecule has 110 valence electrons. The largest absolute Gasteiger partial charge is 0.366 e. The van der Waals surface area contributed by atoms with Crippen LogP contribution in [-0.4, -0.2) is 21.5 Å². The lowest BCUT2D eigenvalue weighted by molar-refractivity contribution is 0.714. The van der Waals surface area contributed by atoms with Gasteiger partial charge in [-0.25, -0.2) is 0 Å². The van der Waals surface area contributed by atoms with Crippen LogP contribution < -0.4 is 10.6 Å². The maximum atomic E-state index is 9.22. The van der Waals surface area contributed by atoms with Crippen LogP contribution in [0.2, 0.25) is 5.15 Å². The third-order valence-corrected chi connectivity index (χ3v) is 3.65. The van der Waals surface area contributed by atoms with Gasteiger partial charge in [-0.2, -0.15) is 20.5 Å². The highest BCUT2D eigenvalue weighted by atomic mass is 35.5. The van der Waals surface area contributed by atoms with Crippen molar-refractivity contribution in [3.63, 3.8) is 0 Å². The van der Waals surface area contributed by atoms with Crippen molar-refractivity contribution in [2.75, 3.05) is 10.6 Å². The first kappa shape index (κ1) is 15.3. The molecular formula is C14H17ClN6. The average Bonchev–Trinajstić information content (AvgIpc) is 2.91. The Labute approximate surface area is 129 Å². The van der Waals surface area contributed by atoms with Crippen molar-refractivity contribution in [1.29, 1.82) is 10.5 Å². The molecule has 0 amide bonds. The Morgan fingerprint density at radius 3 is 2.48 bits per heavy atom. The van der Waals surface area contributed by atoms with Crippen LogP contribution in [0.4, 0.5) is 11.8 Å². The van der Waals surface area contributed by atoms with E-state index < -0.39 is 5.54 Å². The van der Waals surface area contributed by atoms with Crippen LogP contribution in [0.5, 0.6) is 0 Å². The first-order valence-electron chi connectivity index (χ1n) is 6.89. The Morgan fingerprint density at radius 2 is 1.90 bits per heavy atom. The molecule has 1 fully saturated rings. The van der Waals surface area contributed by atoms with Crippen LogP contribution in [0.1, 0.15) is 45.1 Å². The van der Waals surface area contributed by atoms with E-state index in [0.717, 1.165) is 12.8 Å². The minimum absolute atomic E-state index is 0.0873. The van der Waals surface area contributed by atoms with E-state index >= 15 is 0 Å². The molecule has 0 saturated heterocycles. The molecule has 0 bridgehead atoms. The van der Waals surface area contributed by atoms with Crippen LogP contribution in [0.15, 0.2) is 0 Å². The summed E-state index contributed by atoms with van der Waals surface area (Å²) in [5.74, 6) is 0.673.